The lowest BCUT2D eigenvalue weighted by atomic mass is 9.76. The first-order valence-corrected chi connectivity index (χ1v) is 9.75. The van der Waals surface area contributed by atoms with Gasteiger partial charge in [-0.25, -0.2) is 9.97 Å². The molecule has 0 saturated heterocycles. The zero-order chi connectivity index (χ0) is 20.0. The van der Waals surface area contributed by atoms with E-state index in [0.29, 0.717) is 0 Å². The van der Waals surface area contributed by atoms with Gasteiger partial charge in [0.2, 0.25) is 0 Å². The van der Waals surface area contributed by atoms with E-state index in [1.807, 2.05) is 6.20 Å². The van der Waals surface area contributed by atoms with Crippen molar-refractivity contribution in [2.45, 2.75) is 104 Å². The normalized spacial score (nSPS) is 14.1. The third kappa shape index (κ3) is 4.57. The molecule has 0 radical (unpaired) electrons. The maximum absolute atomic E-state index is 4.89. The van der Waals surface area contributed by atoms with Crippen LogP contribution < -0.4 is 0 Å². The van der Waals surface area contributed by atoms with E-state index < -0.39 is 0 Å². The highest BCUT2D eigenvalue weighted by Gasteiger charge is 2.31. The van der Waals surface area contributed by atoms with E-state index in [2.05, 4.69) is 90.4 Å². The van der Waals surface area contributed by atoms with Crippen LogP contribution in [0.3, 0.4) is 0 Å². The molecule has 2 N–H and O–H groups in total. The molecular weight excluding hydrogens is 320 g/mol. The van der Waals surface area contributed by atoms with E-state index in [1.54, 1.807) is 0 Å². The first-order chi connectivity index (χ1) is 11.6. The summed E-state index contributed by atoms with van der Waals surface area (Å²) in [5.74, 6) is 2.12. The number of nitrogens with zero attached hydrogens (tertiary/aromatic N) is 2. The van der Waals surface area contributed by atoms with Crippen molar-refractivity contribution < 1.29 is 0 Å². The van der Waals surface area contributed by atoms with E-state index in [-0.39, 0.29) is 21.7 Å². The molecule has 0 aliphatic carbocycles. The molecular formula is C22H38N4. The largest absolute Gasteiger partial charge is 0.348 e. The monoisotopic (exact) mass is 358 g/mol. The number of nitrogens with one attached hydrogen (secondary N) is 2. The maximum Gasteiger partial charge on any atom is 0.111 e. The molecule has 0 spiro atoms. The molecule has 0 amide bonds. The van der Waals surface area contributed by atoms with Gasteiger partial charge < -0.3 is 9.97 Å². The standard InChI is InChI=1S/C22H38N4/c1-19(2,3)17-23-13-15(25-17)21(7,8)11-12-22(9,10)16-14-24-18(26-16)20(4,5)6/h13-14H,11-12H2,1-10H3,(H,23,25)(H,24,26). The number of aromatic nitrogens is 4. The highest BCUT2D eigenvalue weighted by molar-refractivity contribution is 5.19. The highest BCUT2D eigenvalue weighted by atomic mass is 14.9. The average Bonchev–Trinajstić information content (AvgIpc) is 3.13. The minimum absolute atomic E-state index is 0.0319. The molecule has 0 aliphatic heterocycles. The second kappa shape index (κ2) is 6.54. The molecule has 0 saturated carbocycles. The van der Waals surface area contributed by atoms with Crippen LogP contribution in [0.4, 0.5) is 0 Å². The number of H-pyrrole nitrogens is 2. The van der Waals surface area contributed by atoms with Crippen molar-refractivity contribution in [1.82, 2.24) is 19.9 Å². The molecule has 0 fully saturated rings. The zero-order valence-corrected chi connectivity index (χ0v) is 18.5. The quantitative estimate of drug-likeness (QED) is 0.713. The van der Waals surface area contributed by atoms with Crippen LogP contribution in [-0.2, 0) is 21.7 Å². The summed E-state index contributed by atoms with van der Waals surface area (Å²) in [6.45, 7) is 22.3. The Kier molecular flexibility index (Phi) is 5.22. The summed E-state index contributed by atoms with van der Waals surface area (Å²) in [6, 6.07) is 0. The van der Waals surface area contributed by atoms with Crippen molar-refractivity contribution in [3.8, 4) is 0 Å². The molecule has 4 nitrogen and oxygen atoms in total. The Bertz CT molecular complexity index is 669. The topological polar surface area (TPSA) is 57.4 Å². The fourth-order valence-electron chi connectivity index (χ4n) is 2.99. The lowest BCUT2D eigenvalue weighted by molar-refractivity contribution is 0.363. The summed E-state index contributed by atoms with van der Waals surface area (Å²) < 4.78 is 0. The second-order valence-electron chi connectivity index (χ2n) is 11.0. The van der Waals surface area contributed by atoms with Gasteiger partial charge in [0.15, 0.2) is 0 Å². The smallest absolute Gasteiger partial charge is 0.111 e. The minimum Gasteiger partial charge on any atom is -0.348 e. The molecule has 2 aromatic heterocycles. The number of rotatable bonds is 5. The van der Waals surface area contributed by atoms with Gasteiger partial charge in [-0.3, -0.25) is 0 Å². The van der Waals surface area contributed by atoms with Crippen LogP contribution in [0.1, 0.15) is 105 Å². The molecule has 26 heavy (non-hydrogen) atoms. The van der Waals surface area contributed by atoms with E-state index in [1.165, 1.54) is 5.69 Å². The van der Waals surface area contributed by atoms with E-state index in [9.17, 15) is 0 Å². The number of hydrogen-bond acceptors (Lipinski definition) is 2. The SMILES string of the molecule is CC(C)(C)c1nc(C(C)(C)CCC(C)(C)c2cnc(C(C)(C)C)[nH]2)c[nH]1. The summed E-state index contributed by atoms with van der Waals surface area (Å²) in [5.41, 5.74) is 2.55. The van der Waals surface area contributed by atoms with Crippen LogP contribution >= 0.6 is 0 Å². The summed E-state index contributed by atoms with van der Waals surface area (Å²) >= 11 is 0. The van der Waals surface area contributed by atoms with Gasteiger partial charge in [0, 0.05) is 39.7 Å². The van der Waals surface area contributed by atoms with Gasteiger partial charge in [-0.2, -0.15) is 0 Å². The Morgan fingerprint density at radius 1 is 0.769 bits per heavy atom. The molecule has 0 unspecified atom stereocenters. The molecule has 2 rings (SSSR count). The summed E-state index contributed by atoms with van der Waals surface area (Å²) in [7, 11) is 0. The Balaban J connectivity index is 2.12. The average molecular weight is 359 g/mol. The number of imidazole rings is 2. The zero-order valence-electron chi connectivity index (χ0n) is 18.5. The Labute approximate surface area is 159 Å². The van der Waals surface area contributed by atoms with Crippen LogP contribution in [-0.4, -0.2) is 19.9 Å². The molecule has 4 heteroatoms. The van der Waals surface area contributed by atoms with Gasteiger partial charge in [-0.05, 0) is 12.8 Å². The fourth-order valence-corrected chi connectivity index (χ4v) is 2.99. The Hall–Kier alpha value is -1.58. The summed E-state index contributed by atoms with van der Waals surface area (Å²) in [4.78, 5) is 16.4. The molecule has 146 valence electrons. The van der Waals surface area contributed by atoms with Crippen LogP contribution in [0.2, 0.25) is 0 Å². The van der Waals surface area contributed by atoms with Crippen molar-refractivity contribution in [2.75, 3.05) is 0 Å². The van der Waals surface area contributed by atoms with Crippen molar-refractivity contribution in [3.63, 3.8) is 0 Å². The van der Waals surface area contributed by atoms with Crippen molar-refractivity contribution in [1.29, 1.82) is 0 Å². The first-order valence-electron chi connectivity index (χ1n) is 9.75. The number of aromatic amines is 2. The van der Waals surface area contributed by atoms with Gasteiger partial charge in [0.25, 0.3) is 0 Å². The lowest BCUT2D eigenvalue weighted by Gasteiger charge is -2.30. The predicted octanol–water partition coefficient (Wildman–Crippen LogP) is 5.76. The Morgan fingerprint density at radius 3 is 1.77 bits per heavy atom. The lowest BCUT2D eigenvalue weighted by Crippen LogP contribution is -2.25. The van der Waals surface area contributed by atoms with Crippen LogP contribution in [0.5, 0.6) is 0 Å². The molecule has 2 aromatic rings. The molecule has 0 aliphatic rings. The summed E-state index contributed by atoms with van der Waals surface area (Å²) in [6.07, 6.45) is 6.24. The highest BCUT2D eigenvalue weighted by Crippen LogP contribution is 2.36. The van der Waals surface area contributed by atoms with Gasteiger partial charge in [0.05, 0.1) is 5.69 Å². The third-order valence-electron chi connectivity index (χ3n) is 5.37. The van der Waals surface area contributed by atoms with E-state index in [0.717, 1.165) is 30.2 Å². The van der Waals surface area contributed by atoms with E-state index in [4.69, 9.17) is 4.98 Å². The molecule has 0 bridgehead atoms. The Morgan fingerprint density at radius 2 is 1.31 bits per heavy atom. The van der Waals surface area contributed by atoms with Crippen molar-refractivity contribution in [3.05, 3.63) is 35.4 Å². The van der Waals surface area contributed by atoms with Gasteiger partial charge in [-0.1, -0.05) is 69.2 Å². The summed E-state index contributed by atoms with van der Waals surface area (Å²) in [5, 5.41) is 0. The minimum atomic E-state index is 0.0319. The van der Waals surface area contributed by atoms with Crippen LogP contribution in [0, 0.1) is 0 Å². The first kappa shape index (κ1) is 20.7. The fraction of sp³-hybridized carbons (Fsp3) is 0.727. The van der Waals surface area contributed by atoms with Gasteiger partial charge in [-0.15, -0.1) is 0 Å². The van der Waals surface area contributed by atoms with Gasteiger partial charge >= 0.3 is 0 Å². The van der Waals surface area contributed by atoms with Crippen LogP contribution in [0.15, 0.2) is 12.4 Å². The van der Waals surface area contributed by atoms with Crippen molar-refractivity contribution >= 4 is 0 Å². The van der Waals surface area contributed by atoms with Gasteiger partial charge in [0.1, 0.15) is 11.6 Å². The van der Waals surface area contributed by atoms with Crippen LogP contribution in [0.25, 0.3) is 0 Å². The number of hydrogen-bond donors (Lipinski definition) is 2. The maximum atomic E-state index is 4.89. The molecule has 2 heterocycles. The second-order valence-corrected chi connectivity index (χ2v) is 11.0. The third-order valence-corrected chi connectivity index (χ3v) is 5.37. The van der Waals surface area contributed by atoms with E-state index >= 15 is 0 Å². The van der Waals surface area contributed by atoms with Crippen molar-refractivity contribution in [2.24, 2.45) is 0 Å². The molecule has 0 atom stereocenters. The molecule has 0 aromatic carbocycles. The predicted molar refractivity (Wildman–Crippen MR) is 110 cm³/mol.